The SMILES string of the molecule is CC1C(Cl)=CC=CC1(C)Cl. The van der Waals surface area contributed by atoms with E-state index < -0.39 is 0 Å². The molecule has 10 heavy (non-hydrogen) atoms. The molecular weight excluding hydrogens is 167 g/mol. The highest BCUT2D eigenvalue weighted by atomic mass is 35.5. The Morgan fingerprint density at radius 2 is 2.20 bits per heavy atom. The molecule has 2 heteroatoms. The van der Waals surface area contributed by atoms with E-state index >= 15 is 0 Å². The molecular formula is C8H10Cl2. The largest absolute Gasteiger partial charge is 0.114 e. The molecule has 0 N–H and O–H groups in total. The lowest BCUT2D eigenvalue weighted by Gasteiger charge is -2.27. The molecule has 0 aromatic carbocycles. The number of allylic oxidation sites excluding steroid dienone is 4. The molecule has 0 aromatic heterocycles. The van der Waals surface area contributed by atoms with E-state index in [0.717, 1.165) is 5.03 Å². The molecule has 0 spiro atoms. The van der Waals surface area contributed by atoms with Crippen LogP contribution in [-0.2, 0) is 0 Å². The van der Waals surface area contributed by atoms with Crippen molar-refractivity contribution in [2.75, 3.05) is 0 Å². The minimum absolute atomic E-state index is 0.223. The lowest BCUT2D eigenvalue weighted by molar-refractivity contribution is 0.579. The van der Waals surface area contributed by atoms with E-state index in [9.17, 15) is 0 Å². The number of halogens is 2. The standard InChI is InChI=1S/C8H10Cl2/c1-6-7(9)4-3-5-8(6,2)10/h3-6H,1-2H3. The molecule has 0 bridgehead atoms. The van der Waals surface area contributed by atoms with Crippen molar-refractivity contribution < 1.29 is 0 Å². The molecule has 0 fully saturated rings. The maximum atomic E-state index is 6.11. The van der Waals surface area contributed by atoms with Crippen LogP contribution in [-0.4, -0.2) is 4.87 Å². The molecule has 0 saturated heterocycles. The third-order valence-corrected chi connectivity index (χ3v) is 2.84. The summed E-state index contributed by atoms with van der Waals surface area (Å²) in [7, 11) is 0. The zero-order chi connectivity index (χ0) is 7.78. The average Bonchev–Trinajstić information content (AvgIpc) is 1.83. The zero-order valence-corrected chi connectivity index (χ0v) is 7.58. The molecule has 1 aliphatic carbocycles. The number of rotatable bonds is 0. The Labute approximate surface area is 71.5 Å². The van der Waals surface area contributed by atoms with Crippen molar-refractivity contribution >= 4 is 23.2 Å². The first kappa shape index (κ1) is 8.16. The molecule has 0 aromatic rings. The maximum Gasteiger partial charge on any atom is 0.0675 e. The Bertz CT molecular complexity index is 189. The Morgan fingerprint density at radius 3 is 2.60 bits per heavy atom. The predicted octanol–water partition coefficient (Wildman–Crippen LogP) is 3.31. The summed E-state index contributed by atoms with van der Waals surface area (Å²) in [6, 6.07) is 0. The maximum absolute atomic E-state index is 6.11. The summed E-state index contributed by atoms with van der Waals surface area (Å²) in [4.78, 5) is -0.300. The van der Waals surface area contributed by atoms with E-state index in [2.05, 4.69) is 0 Å². The van der Waals surface area contributed by atoms with Gasteiger partial charge in [0.2, 0.25) is 0 Å². The van der Waals surface area contributed by atoms with Crippen LogP contribution in [0.4, 0.5) is 0 Å². The first-order chi connectivity index (χ1) is 4.54. The van der Waals surface area contributed by atoms with Crippen LogP contribution in [0.15, 0.2) is 23.3 Å². The Kier molecular flexibility index (Phi) is 2.12. The van der Waals surface area contributed by atoms with Crippen molar-refractivity contribution in [1.29, 1.82) is 0 Å². The summed E-state index contributed by atoms with van der Waals surface area (Å²) >= 11 is 12.0. The van der Waals surface area contributed by atoms with Gasteiger partial charge in [-0.3, -0.25) is 0 Å². The predicted molar refractivity (Wildman–Crippen MR) is 46.5 cm³/mol. The summed E-state index contributed by atoms with van der Waals surface area (Å²) in [6.45, 7) is 3.99. The van der Waals surface area contributed by atoms with Crippen LogP contribution in [0, 0.1) is 5.92 Å². The van der Waals surface area contributed by atoms with Crippen LogP contribution in [0.2, 0.25) is 0 Å². The minimum atomic E-state index is -0.300. The van der Waals surface area contributed by atoms with Crippen LogP contribution in [0.1, 0.15) is 13.8 Å². The van der Waals surface area contributed by atoms with Crippen molar-refractivity contribution in [3.8, 4) is 0 Å². The number of alkyl halides is 1. The van der Waals surface area contributed by atoms with Crippen molar-refractivity contribution in [2.24, 2.45) is 5.92 Å². The molecule has 0 radical (unpaired) electrons. The van der Waals surface area contributed by atoms with Gasteiger partial charge in [0.25, 0.3) is 0 Å². The van der Waals surface area contributed by atoms with Gasteiger partial charge in [0.15, 0.2) is 0 Å². The van der Waals surface area contributed by atoms with E-state index in [1.54, 1.807) is 0 Å². The van der Waals surface area contributed by atoms with E-state index in [1.165, 1.54) is 0 Å². The van der Waals surface area contributed by atoms with Gasteiger partial charge in [-0.05, 0) is 13.0 Å². The first-order valence-electron chi connectivity index (χ1n) is 3.28. The first-order valence-corrected chi connectivity index (χ1v) is 4.03. The van der Waals surface area contributed by atoms with E-state index in [1.807, 2.05) is 32.1 Å². The fraction of sp³-hybridized carbons (Fsp3) is 0.500. The third-order valence-electron chi connectivity index (χ3n) is 1.94. The summed E-state index contributed by atoms with van der Waals surface area (Å²) in [5, 5.41) is 0.833. The highest BCUT2D eigenvalue weighted by Crippen LogP contribution is 2.36. The molecule has 1 rings (SSSR count). The molecule has 2 atom stereocenters. The minimum Gasteiger partial charge on any atom is -0.114 e. The van der Waals surface area contributed by atoms with Gasteiger partial charge >= 0.3 is 0 Å². The lowest BCUT2D eigenvalue weighted by Crippen LogP contribution is -2.25. The van der Waals surface area contributed by atoms with Crippen LogP contribution in [0.25, 0.3) is 0 Å². The second-order valence-electron chi connectivity index (χ2n) is 2.78. The molecule has 0 aliphatic heterocycles. The molecule has 0 nitrogen and oxygen atoms in total. The lowest BCUT2D eigenvalue weighted by atomic mass is 9.91. The van der Waals surface area contributed by atoms with Crippen LogP contribution in [0.3, 0.4) is 0 Å². The molecule has 0 saturated carbocycles. The summed E-state index contributed by atoms with van der Waals surface area (Å²) in [5.41, 5.74) is 0. The van der Waals surface area contributed by atoms with Crippen molar-refractivity contribution in [3.05, 3.63) is 23.3 Å². The number of hydrogen-bond acceptors (Lipinski definition) is 0. The van der Waals surface area contributed by atoms with Crippen LogP contribution >= 0.6 is 23.2 Å². The highest BCUT2D eigenvalue weighted by Gasteiger charge is 2.29. The van der Waals surface area contributed by atoms with Gasteiger partial charge < -0.3 is 0 Å². The summed E-state index contributed by atoms with van der Waals surface area (Å²) in [5.74, 6) is 0.223. The van der Waals surface area contributed by atoms with E-state index in [-0.39, 0.29) is 10.8 Å². The Hall–Kier alpha value is 0.0600. The molecule has 0 amide bonds. The monoisotopic (exact) mass is 176 g/mol. The topological polar surface area (TPSA) is 0 Å². The van der Waals surface area contributed by atoms with Crippen LogP contribution in [0.5, 0.6) is 0 Å². The van der Waals surface area contributed by atoms with Gasteiger partial charge in [-0.15, -0.1) is 11.6 Å². The third kappa shape index (κ3) is 1.38. The highest BCUT2D eigenvalue weighted by molar-refractivity contribution is 6.32. The number of hydrogen-bond donors (Lipinski definition) is 0. The smallest absolute Gasteiger partial charge is 0.0675 e. The van der Waals surface area contributed by atoms with Gasteiger partial charge in [0.05, 0.1) is 4.87 Å². The summed E-state index contributed by atoms with van der Waals surface area (Å²) in [6.07, 6.45) is 5.75. The van der Waals surface area contributed by atoms with Gasteiger partial charge in [-0.1, -0.05) is 30.7 Å². The normalized spacial score (nSPS) is 39.6. The van der Waals surface area contributed by atoms with Gasteiger partial charge in [0.1, 0.15) is 0 Å². The van der Waals surface area contributed by atoms with Crippen molar-refractivity contribution in [1.82, 2.24) is 0 Å². The van der Waals surface area contributed by atoms with Gasteiger partial charge in [-0.25, -0.2) is 0 Å². The fourth-order valence-corrected chi connectivity index (χ4v) is 1.43. The molecule has 2 unspecified atom stereocenters. The molecule has 1 aliphatic rings. The zero-order valence-electron chi connectivity index (χ0n) is 6.07. The van der Waals surface area contributed by atoms with Gasteiger partial charge in [-0.2, -0.15) is 0 Å². The molecule has 56 valence electrons. The summed E-state index contributed by atoms with van der Waals surface area (Å²) < 4.78 is 0. The Morgan fingerprint density at radius 1 is 1.60 bits per heavy atom. The fourth-order valence-electron chi connectivity index (χ4n) is 0.886. The van der Waals surface area contributed by atoms with E-state index in [4.69, 9.17) is 23.2 Å². The van der Waals surface area contributed by atoms with Crippen LogP contribution < -0.4 is 0 Å². The quantitative estimate of drug-likeness (QED) is 0.498. The second kappa shape index (κ2) is 2.60. The van der Waals surface area contributed by atoms with Gasteiger partial charge in [0, 0.05) is 11.0 Å². The molecule has 0 heterocycles. The second-order valence-corrected chi connectivity index (χ2v) is 4.03. The van der Waals surface area contributed by atoms with Crippen molar-refractivity contribution in [2.45, 2.75) is 18.7 Å². The van der Waals surface area contributed by atoms with Crippen molar-refractivity contribution in [3.63, 3.8) is 0 Å². The average molecular weight is 177 g/mol. The Balaban J connectivity index is 2.89. The van der Waals surface area contributed by atoms with E-state index in [0.29, 0.717) is 0 Å².